The predicted molar refractivity (Wildman–Crippen MR) is 86.9 cm³/mol. The smallest absolute Gasteiger partial charge is 0.262 e. The van der Waals surface area contributed by atoms with Gasteiger partial charge in [0, 0.05) is 11.3 Å². The average Bonchev–Trinajstić information content (AvgIpc) is 2.60. The number of Topliss-reactive ketones (excluding diaryl/α,β-unsaturated/α-hetero) is 1. The highest BCUT2D eigenvalue weighted by atomic mass is 16.5. The van der Waals surface area contributed by atoms with Crippen molar-refractivity contribution in [1.82, 2.24) is 0 Å². The second-order valence-corrected chi connectivity index (χ2v) is 4.72. The van der Waals surface area contributed by atoms with Gasteiger partial charge in [-0.1, -0.05) is 0 Å². The summed E-state index contributed by atoms with van der Waals surface area (Å²) in [6.45, 7) is -0.156. The molecular formula is C17H18N2O4. The molecule has 0 heterocycles. The van der Waals surface area contributed by atoms with Crippen LogP contribution >= 0.6 is 0 Å². The molecule has 23 heavy (non-hydrogen) atoms. The third-order valence-corrected chi connectivity index (χ3v) is 3.11. The van der Waals surface area contributed by atoms with Crippen LogP contribution in [0.5, 0.6) is 11.5 Å². The minimum absolute atomic E-state index is 0.0403. The van der Waals surface area contributed by atoms with Crippen LogP contribution in [-0.4, -0.2) is 32.0 Å². The van der Waals surface area contributed by atoms with Crippen LogP contribution in [0.15, 0.2) is 48.5 Å². The molecule has 0 radical (unpaired) electrons. The van der Waals surface area contributed by atoms with E-state index in [1.54, 1.807) is 55.6 Å². The molecule has 0 unspecified atom stereocenters. The molecular weight excluding hydrogens is 296 g/mol. The fourth-order valence-electron chi connectivity index (χ4n) is 1.88. The first-order valence-electron chi connectivity index (χ1n) is 7.02. The van der Waals surface area contributed by atoms with Crippen LogP contribution in [0.3, 0.4) is 0 Å². The quantitative estimate of drug-likeness (QED) is 0.761. The van der Waals surface area contributed by atoms with Gasteiger partial charge in [0.05, 0.1) is 13.7 Å². The minimum atomic E-state index is -0.293. The van der Waals surface area contributed by atoms with Crippen LogP contribution < -0.4 is 20.5 Å². The fraction of sp³-hybridized carbons (Fsp3) is 0.176. The number of nitrogens with one attached hydrogen (secondary N) is 1. The first-order valence-corrected chi connectivity index (χ1v) is 7.02. The number of carbonyl (C=O) groups excluding carboxylic acids is 2. The van der Waals surface area contributed by atoms with Gasteiger partial charge in [0.25, 0.3) is 5.91 Å². The van der Waals surface area contributed by atoms with E-state index in [-0.39, 0.29) is 24.8 Å². The maximum atomic E-state index is 11.8. The fourth-order valence-corrected chi connectivity index (χ4v) is 1.88. The Bertz CT molecular complexity index is 666. The van der Waals surface area contributed by atoms with E-state index in [1.165, 1.54) is 0 Å². The van der Waals surface area contributed by atoms with Gasteiger partial charge in [-0.2, -0.15) is 0 Å². The van der Waals surface area contributed by atoms with E-state index in [2.05, 4.69) is 5.32 Å². The molecule has 0 atom stereocenters. The molecule has 3 N–H and O–H groups in total. The van der Waals surface area contributed by atoms with Crippen LogP contribution in [0.2, 0.25) is 0 Å². The summed E-state index contributed by atoms with van der Waals surface area (Å²) in [6, 6.07) is 13.5. The molecule has 0 spiro atoms. The van der Waals surface area contributed by atoms with Crippen molar-refractivity contribution >= 4 is 17.4 Å². The zero-order chi connectivity index (χ0) is 16.7. The summed E-state index contributed by atoms with van der Waals surface area (Å²) < 4.78 is 10.4. The zero-order valence-corrected chi connectivity index (χ0v) is 12.7. The Morgan fingerprint density at radius 3 is 2.17 bits per heavy atom. The molecule has 2 rings (SSSR count). The van der Waals surface area contributed by atoms with Crippen molar-refractivity contribution < 1.29 is 19.1 Å². The standard InChI is InChI=1S/C17H18N2O4/c1-22-14-6-8-15(9-7-14)23-11-17(21)19-13-4-2-12(3-5-13)16(20)10-18/h2-9H,10-11,18H2,1H3,(H,19,21). The van der Waals surface area contributed by atoms with Crippen molar-refractivity contribution in [2.24, 2.45) is 5.73 Å². The number of rotatable bonds is 7. The van der Waals surface area contributed by atoms with Gasteiger partial charge in [0.15, 0.2) is 12.4 Å². The highest BCUT2D eigenvalue weighted by Crippen LogP contribution is 2.17. The molecule has 0 aliphatic rings. The number of ether oxygens (including phenoxy) is 2. The molecule has 0 aliphatic carbocycles. The number of benzene rings is 2. The second-order valence-electron chi connectivity index (χ2n) is 4.72. The van der Waals surface area contributed by atoms with Crippen molar-refractivity contribution in [2.75, 3.05) is 25.6 Å². The van der Waals surface area contributed by atoms with E-state index < -0.39 is 0 Å². The van der Waals surface area contributed by atoms with Gasteiger partial charge in [-0.25, -0.2) is 0 Å². The highest BCUT2D eigenvalue weighted by molar-refractivity contribution is 5.98. The topological polar surface area (TPSA) is 90.6 Å². The third kappa shape index (κ3) is 4.82. The summed E-state index contributed by atoms with van der Waals surface area (Å²) in [5, 5.41) is 2.69. The van der Waals surface area contributed by atoms with Crippen molar-refractivity contribution in [3.8, 4) is 11.5 Å². The van der Waals surface area contributed by atoms with Gasteiger partial charge < -0.3 is 20.5 Å². The van der Waals surface area contributed by atoms with Crippen LogP contribution in [0.25, 0.3) is 0 Å². The number of hydrogen-bond acceptors (Lipinski definition) is 5. The van der Waals surface area contributed by atoms with E-state index in [1.807, 2.05) is 0 Å². The Morgan fingerprint density at radius 1 is 1.00 bits per heavy atom. The number of ketones is 1. The second kappa shape index (κ2) is 7.95. The van der Waals surface area contributed by atoms with E-state index in [4.69, 9.17) is 15.2 Å². The molecule has 120 valence electrons. The summed E-state index contributed by atoms with van der Waals surface area (Å²) in [5.41, 5.74) is 6.39. The molecule has 6 nitrogen and oxygen atoms in total. The predicted octanol–water partition coefficient (Wildman–Crippen LogP) is 1.85. The molecule has 2 aromatic rings. The molecule has 0 bridgehead atoms. The van der Waals surface area contributed by atoms with Crippen molar-refractivity contribution in [3.63, 3.8) is 0 Å². The zero-order valence-electron chi connectivity index (χ0n) is 12.7. The summed E-state index contributed by atoms with van der Waals surface area (Å²) >= 11 is 0. The normalized spacial score (nSPS) is 10.0. The lowest BCUT2D eigenvalue weighted by atomic mass is 10.1. The summed E-state index contributed by atoms with van der Waals surface area (Å²) in [6.07, 6.45) is 0. The molecule has 0 aliphatic heterocycles. The monoisotopic (exact) mass is 314 g/mol. The first-order chi connectivity index (χ1) is 11.1. The SMILES string of the molecule is COc1ccc(OCC(=O)Nc2ccc(C(=O)CN)cc2)cc1. The molecule has 6 heteroatoms. The minimum Gasteiger partial charge on any atom is -0.497 e. The van der Waals surface area contributed by atoms with Crippen LogP contribution in [-0.2, 0) is 4.79 Å². The Balaban J connectivity index is 1.85. The number of methoxy groups -OCH3 is 1. The lowest BCUT2D eigenvalue weighted by Crippen LogP contribution is -2.20. The Labute approximate surface area is 134 Å². The maximum Gasteiger partial charge on any atom is 0.262 e. The van der Waals surface area contributed by atoms with Crippen LogP contribution in [0.4, 0.5) is 5.69 Å². The molecule has 0 fully saturated rings. The summed E-state index contributed by atoms with van der Waals surface area (Å²) in [5.74, 6) is 0.850. The van der Waals surface area contributed by atoms with Crippen molar-refractivity contribution in [3.05, 3.63) is 54.1 Å². The maximum absolute atomic E-state index is 11.8. The summed E-state index contributed by atoms with van der Waals surface area (Å²) in [4.78, 5) is 23.2. The van der Waals surface area contributed by atoms with Gasteiger partial charge in [0.1, 0.15) is 11.5 Å². The van der Waals surface area contributed by atoms with Crippen LogP contribution in [0.1, 0.15) is 10.4 Å². The molecule has 0 saturated carbocycles. The Kier molecular flexibility index (Phi) is 5.71. The van der Waals surface area contributed by atoms with Gasteiger partial charge in [-0.15, -0.1) is 0 Å². The van der Waals surface area contributed by atoms with E-state index in [9.17, 15) is 9.59 Å². The average molecular weight is 314 g/mol. The lowest BCUT2D eigenvalue weighted by molar-refractivity contribution is -0.118. The Hall–Kier alpha value is -2.86. The third-order valence-electron chi connectivity index (χ3n) is 3.11. The molecule has 1 amide bonds. The molecule has 0 saturated heterocycles. The number of amides is 1. The van der Waals surface area contributed by atoms with Crippen LogP contribution in [0, 0.1) is 0 Å². The number of nitrogens with two attached hydrogens (primary N) is 1. The molecule has 0 aromatic heterocycles. The highest BCUT2D eigenvalue weighted by Gasteiger charge is 2.06. The van der Waals surface area contributed by atoms with Gasteiger partial charge >= 0.3 is 0 Å². The Morgan fingerprint density at radius 2 is 1.61 bits per heavy atom. The molecule has 2 aromatic carbocycles. The van der Waals surface area contributed by atoms with E-state index in [0.29, 0.717) is 22.7 Å². The van der Waals surface area contributed by atoms with Crippen molar-refractivity contribution in [1.29, 1.82) is 0 Å². The first kappa shape index (κ1) is 16.5. The van der Waals surface area contributed by atoms with E-state index >= 15 is 0 Å². The number of hydrogen-bond donors (Lipinski definition) is 2. The van der Waals surface area contributed by atoms with Gasteiger partial charge in [-0.3, -0.25) is 9.59 Å². The van der Waals surface area contributed by atoms with E-state index in [0.717, 1.165) is 0 Å². The van der Waals surface area contributed by atoms with Gasteiger partial charge in [0.2, 0.25) is 0 Å². The van der Waals surface area contributed by atoms with Crippen molar-refractivity contribution in [2.45, 2.75) is 0 Å². The lowest BCUT2D eigenvalue weighted by Gasteiger charge is -2.08. The van der Waals surface area contributed by atoms with Gasteiger partial charge in [-0.05, 0) is 48.5 Å². The number of carbonyl (C=O) groups is 2. The largest absolute Gasteiger partial charge is 0.497 e. The number of anilines is 1. The summed E-state index contributed by atoms with van der Waals surface area (Å²) in [7, 11) is 1.58.